The number of carbonyl (C=O) groups excluding carboxylic acids is 1. The number of amides is 1. The Kier molecular flexibility index (Phi) is 6.04. The highest BCUT2D eigenvalue weighted by Crippen LogP contribution is 2.23. The van der Waals surface area contributed by atoms with Gasteiger partial charge in [0.25, 0.3) is 5.91 Å². The molecule has 0 radical (unpaired) electrons. The first-order chi connectivity index (χ1) is 14.2. The van der Waals surface area contributed by atoms with Gasteiger partial charge in [0, 0.05) is 11.1 Å². The van der Waals surface area contributed by atoms with Gasteiger partial charge >= 0.3 is 6.01 Å². The highest BCUT2D eigenvalue weighted by atomic mass is 32.2. The minimum atomic E-state index is -3.45. The van der Waals surface area contributed by atoms with E-state index in [1.165, 1.54) is 55.5 Å². The molecule has 0 bridgehead atoms. The molecule has 1 amide bonds. The van der Waals surface area contributed by atoms with E-state index in [1.807, 2.05) is 0 Å². The van der Waals surface area contributed by atoms with Gasteiger partial charge in [-0.3, -0.25) is 10.1 Å². The van der Waals surface area contributed by atoms with Crippen LogP contribution in [0.5, 0.6) is 0 Å². The fourth-order valence-corrected chi connectivity index (χ4v) is 4.34. The van der Waals surface area contributed by atoms with Crippen LogP contribution < -0.4 is 5.32 Å². The molecule has 0 atom stereocenters. The lowest BCUT2D eigenvalue weighted by Crippen LogP contribution is -2.13. The van der Waals surface area contributed by atoms with Crippen molar-refractivity contribution in [3.8, 4) is 11.5 Å². The number of sulfone groups is 2. The summed E-state index contributed by atoms with van der Waals surface area (Å²) < 4.78 is 53.1. The average Bonchev–Trinajstić information content (AvgIpc) is 3.22. The van der Waals surface area contributed by atoms with Gasteiger partial charge in [0.1, 0.15) is 0 Å². The molecule has 11 heteroatoms. The molecule has 0 fully saturated rings. The molecular weight excluding hydrogens is 430 g/mol. The Hall–Kier alpha value is -3.05. The van der Waals surface area contributed by atoms with E-state index < -0.39 is 25.6 Å². The summed E-state index contributed by atoms with van der Waals surface area (Å²) in [5.74, 6) is -0.608. The van der Waals surface area contributed by atoms with Crippen LogP contribution in [0.25, 0.3) is 11.5 Å². The summed E-state index contributed by atoms with van der Waals surface area (Å²) in [4.78, 5) is 12.6. The van der Waals surface area contributed by atoms with Gasteiger partial charge in [0.15, 0.2) is 19.7 Å². The lowest BCUT2D eigenvalue weighted by atomic mass is 10.2. The minimum Gasteiger partial charge on any atom is -0.403 e. The van der Waals surface area contributed by atoms with Crippen molar-refractivity contribution in [2.45, 2.75) is 23.6 Å². The molecule has 0 aliphatic carbocycles. The quantitative estimate of drug-likeness (QED) is 0.581. The molecule has 1 aromatic heterocycles. The summed E-state index contributed by atoms with van der Waals surface area (Å²) in [5, 5.41) is 10.0. The number of carbonyl (C=O) groups is 1. The van der Waals surface area contributed by atoms with Crippen LogP contribution in [-0.4, -0.2) is 44.4 Å². The normalized spacial score (nSPS) is 11.9. The first kappa shape index (κ1) is 21.7. The molecule has 30 heavy (non-hydrogen) atoms. The van der Waals surface area contributed by atoms with Crippen LogP contribution in [0.1, 0.15) is 24.2 Å². The van der Waals surface area contributed by atoms with E-state index in [-0.39, 0.29) is 38.8 Å². The van der Waals surface area contributed by atoms with Gasteiger partial charge in [-0.1, -0.05) is 25.0 Å². The van der Waals surface area contributed by atoms with Crippen molar-refractivity contribution < 1.29 is 26.0 Å². The van der Waals surface area contributed by atoms with E-state index in [2.05, 4.69) is 15.5 Å². The average molecular weight is 450 g/mol. The molecule has 158 valence electrons. The Morgan fingerprint density at radius 1 is 0.900 bits per heavy atom. The van der Waals surface area contributed by atoms with Crippen LogP contribution in [0.4, 0.5) is 6.01 Å². The van der Waals surface area contributed by atoms with Crippen molar-refractivity contribution >= 4 is 31.6 Å². The van der Waals surface area contributed by atoms with E-state index in [0.717, 1.165) is 0 Å². The Labute approximate surface area is 174 Å². The maximum absolute atomic E-state index is 12.4. The molecule has 0 unspecified atom stereocenters. The number of nitrogens with one attached hydrogen (secondary N) is 1. The van der Waals surface area contributed by atoms with Crippen LogP contribution in [0.2, 0.25) is 0 Å². The predicted octanol–water partition coefficient (Wildman–Crippen LogP) is 2.58. The standard InChI is InChI=1S/C19H19N3O6S2/c1-3-29(24,25)15-10-8-13(9-11-15)18-21-22-19(28-18)20-17(23)14-6-5-7-16(12-14)30(26,27)4-2/h5-12H,3-4H2,1-2H3,(H,20,22,23). The Morgan fingerprint density at radius 2 is 1.53 bits per heavy atom. The molecule has 0 saturated carbocycles. The topological polar surface area (TPSA) is 136 Å². The fraction of sp³-hybridized carbons (Fsp3) is 0.211. The van der Waals surface area contributed by atoms with Gasteiger partial charge in [-0.05, 0) is 42.5 Å². The van der Waals surface area contributed by atoms with Crippen molar-refractivity contribution in [1.82, 2.24) is 10.2 Å². The van der Waals surface area contributed by atoms with Crippen LogP contribution in [-0.2, 0) is 19.7 Å². The Bertz CT molecular complexity index is 1280. The smallest absolute Gasteiger partial charge is 0.322 e. The molecule has 0 spiro atoms. The van der Waals surface area contributed by atoms with Gasteiger partial charge < -0.3 is 4.42 Å². The van der Waals surface area contributed by atoms with Crippen LogP contribution in [0.15, 0.2) is 62.7 Å². The minimum absolute atomic E-state index is 0.0101. The Balaban J connectivity index is 1.78. The summed E-state index contributed by atoms with van der Waals surface area (Å²) in [5.41, 5.74) is 0.604. The number of benzene rings is 2. The van der Waals surface area contributed by atoms with Crippen LogP contribution in [0, 0.1) is 0 Å². The highest BCUT2D eigenvalue weighted by Gasteiger charge is 2.17. The third-order valence-corrected chi connectivity index (χ3v) is 7.80. The third kappa shape index (κ3) is 4.57. The number of hydrogen-bond acceptors (Lipinski definition) is 8. The molecule has 0 aliphatic heterocycles. The molecule has 0 aliphatic rings. The number of hydrogen-bond donors (Lipinski definition) is 1. The molecule has 9 nitrogen and oxygen atoms in total. The second-order valence-electron chi connectivity index (χ2n) is 6.23. The van der Waals surface area contributed by atoms with E-state index in [1.54, 1.807) is 6.92 Å². The molecule has 3 rings (SSSR count). The molecule has 3 aromatic rings. The summed E-state index contributed by atoms with van der Waals surface area (Å²) >= 11 is 0. The van der Waals surface area contributed by atoms with Crippen molar-refractivity contribution in [2.75, 3.05) is 16.8 Å². The van der Waals surface area contributed by atoms with Gasteiger partial charge in [-0.15, -0.1) is 5.10 Å². The fourth-order valence-electron chi connectivity index (χ4n) is 2.53. The molecule has 1 N–H and O–H groups in total. The Morgan fingerprint density at radius 3 is 2.17 bits per heavy atom. The molecule has 0 saturated heterocycles. The van der Waals surface area contributed by atoms with E-state index in [9.17, 15) is 21.6 Å². The van der Waals surface area contributed by atoms with E-state index in [0.29, 0.717) is 5.56 Å². The van der Waals surface area contributed by atoms with Gasteiger partial charge in [-0.25, -0.2) is 16.8 Å². The second-order valence-corrected chi connectivity index (χ2v) is 10.8. The van der Waals surface area contributed by atoms with Crippen LogP contribution >= 0.6 is 0 Å². The predicted molar refractivity (Wildman–Crippen MR) is 110 cm³/mol. The van der Waals surface area contributed by atoms with Crippen molar-refractivity contribution in [3.63, 3.8) is 0 Å². The second kappa shape index (κ2) is 8.36. The zero-order valence-corrected chi connectivity index (χ0v) is 17.8. The van der Waals surface area contributed by atoms with Crippen LogP contribution in [0.3, 0.4) is 0 Å². The lowest BCUT2D eigenvalue weighted by Gasteiger charge is -2.04. The zero-order valence-electron chi connectivity index (χ0n) is 16.2. The van der Waals surface area contributed by atoms with E-state index >= 15 is 0 Å². The number of anilines is 1. The summed E-state index contributed by atoms with van der Waals surface area (Å²) in [6, 6.07) is 11.4. The third-order valence-electron chi connectivity index (χ3n) is 4.32. The molecule has 2 aromatic carbocycles. The van der Waals surface area contributed by atoms with E-state index in [4.69, 9.17) is 4.42 Å². The van der Waals surface area contributed by atoms with Gasteiger partial charge in [0.2, 0.25) is 5.89 Å². The van der Waals surface area contributed by atoms with Crippen molar-refractivity contribution in [3.05, 3.63) is 54.1 Å². The maximum atomic E-state index is 12.4. The largest absolute Gasteiger partial charge is 0.403 e. The van der Waals surface area contributed by atoms with Crippen molar-refractivity contribution in [2.24, 2.45) is 0 Å². The maximum Gasteiger partial charge on any atom is 0.322 e. The van der Waals surface area contributed by atoms with Gasteiger partial charge in [-0.2, -0.15) is 0 Å². The summed E-state index contributed by atoms with van der Waals surface area (Å²) in [6.45, 7) is 3.08. The first-order valence-corrected chi connectivity index (χ1v) is 12.3. The zero-order chi connectivity index (χ0) is 21.9. The molecule has 1 heterocycles. The monoisotopic (exact) mass is 449 g/mol. The lowest BCUT2D eigenvalue weighted by molar-refractivity contribution is 0.102. The number of nitrogens with zero attached hydrogens (tertiary/aromatic N) is 2. The first-order valence-electron chi connectivity index (χ1n) is 8.97. The highest BCUT2D eigenvalue weighted by molar-refractivity contribution is 7.91. The SMILES string of the molecule is CCS(=O)(=O)c1ccc(-c2nnc(NC(=O)c3cccc(S(=O)(=O)CC)c3)o2)cc1. The van der Waals surface area contributed by atoms with Gasteiger partial charge in [0.05, 0.1) is 21.3 Å². The summed E-state index contributed by atoms with van der Waals surface area (Å²) in [7, 11) is -6.77. The number of aromatic nitrogens is 2. The number of rotatable bonds is 7. The summed E-state index contributed by atoms with van der Waals surface area (Å²) in [6.07, 6.45) is 0. The molecular formula is C19H19N3O6S2. The van der Waals surface area contributed by atoms with Crippen molar-refractivity contribution in [1.29, 1.82) is 0 Å².